The van der Waals surface area contributed by atoms with Gasteiger partial charge in [-0.3, -0.25) is 0 Å². The van der Waals surface area contributed by atoms with Gasteiger partial charge in [0.2, 0.25) is 0 Å². The van der Waals surface area contributed by atoms with E-state index in [9.17, 15) is 5.11 Å². The Morgan fingerprint density at radius 3 is 2.94 bits per heavy atom. The molecule has 4 nitrogen and oxygen atoms in total. The minimum atomic E-state index is 0.0592. The second-order valence-corrected chi connectivity index (χ2v) is 3.93. The van der Waals surface area contributed by atoms with Crippen LogP contribution in [0.25, 0.3) is 10.9 Å². The van der Waals surface area contributed by atoms with Crippen LogP contribution in [0, 0.1) is 0 Å². The molecule has 2 aromatic heterocycles. The average Bonchev–Trinajstić information content (AvgIpc) is 2.99. The first-order valence-corrected chi connectivity index (χ1v) is 5.45. The summed E-state index contributed by atoms with van der Waals surface area (Å²) >= 11 is 0. The molecule has 3 rings (SSSR count). The number of aliphatic hydroxyl groups is 1. The number of benzene rings is 1. The molecule has 0 unspecified atom stereocenters. The van der Waals surface area contributed by atoms with Crippen molar-refractivity contribution in [2.24, 2.45) is 0 Å². The van der Waals surface area contributed by atoms with Crippen molar-refractivity contribution in [3.8, 4) is 0 Å². The topological polar surface area (TPSA) is 51.2 Å². The van der Waals surface area contributed by atoms with Crippen LogP contribution in [0.2, 0.25) is 0 Å². The summed E-state index contributed by atoms with van der Waals surface area (Å²) in [5.41, 5.74) is 2.03. The molecule has 1 N–H and O–H groups in total. The molecule has 0 spiro atoms. The summed E-state index contributed by atoms with van der Waals surface area (Å²) in [6.45, 7) is 0.710. The van der Waals surface area contributed by atoms with E-state index in [1.165, 1.54) is 0 Å². The van der Waals surface area contributed by atoms with E-state index in [0.717, 1.165) is 22.2 Å². The van der Waals surface area contributed by atoms with Gasteiger partial charge in [0, 0.05) is 23.2 Å². The van der Waals surface area contributed by atoms with Gasteiger partial charge >= 0.3 is 0 Å². The molecule has 0 bridgehead atoms. The summed E-state index contributed by atoms with van der Waals surface area (Å²) in [6, 6.07) is 9.77. The van der Waals surface area contributed by atoms with Gasteiger partial charge in [0.25, 0.3) is 0 Å². The monoisotopic (exact) mass is 228 g/mol. The highest BCUT2D eigenvalue weighted by molar-refractivity contribution is 5.83. The molecule has 4 heteroatoms. The Balaban J connectivity index is 2.06. The van der Waals surface area contributed by atoms with E-state index in [1.54, 1.807) is 6.20 Å². The Morgan fingerprint density at radius 1 is 1.24 bits per heavy atom. The number of aromatic nitrogens is 2. The van der Waals surface area contributed by atoms with Crippen LogP contribution in [-0.2, 0) is 13.2 Å². The Labute approximate surface area is 98.1 Å². The molecule has 0 aliphatic rings. The second kappa shape index (κ2) is 4.07. The van der Waals surface area contributed by atoms with Crippen LogP contribution in [0.5, 0.6) is 0 Å². The molecule has 0 aliphatic carbocycles. The second-order valence-electron chi connectivity index (χ2n) is 3.93. The van der Waals surface area contributed by atoms with Gasteiger partial charge in [-0.05, 0) is 17.7 Å². The number of nitrogens with zero attached hydrogens (tertiary/aromatic N) is 2. The van der Waals surface area contributed by atoms with Gasteiger partial charge in [0.05, 0.1) is 19.3 Å². The Kier molecular flexibility index (Phi) is 2.42. The zero-order chi connectivity index (χ0) is 11.7. The minimum absolute atomic E-state index is 0.0592. The molecule has 0 amide bonds. The first-order valence-electron chi connectivity index (χ1n) is 5.45. The summed E-state index contributed by atoms with van der Waals surface area (Å²) in [5.74, 6) is 0.817. The van der Waals surface area contributed by atoms with Crippen LogP contribution in [0.4, 0.5) is 0 Å². The molecule has 0 atom stereocenters. The highest BCUT2D eigenvalue weighted by atomic mass is 16.5. The van der Waals surface area contributed by atoms with E-state index >= 15 is 0 Å². The number of fused-ring (bicyclic) bond motifs is 1. The number of rotatable bonds is 3. The van der Waals surface area contributed by atoms with E-state index in [4.69, 9.17) is 4.52 Å². The smallest absolute Gasteiger partial charge is 0.156 e. The van der Waals surface area contributed by atoms with Crippen LogP contribution >= 0.6 is 0 Å². The van der Waals surface area contributed by atoms with Crippen molar-refractivity contribution in [3.05, 3.63) is 54.0 Å². The summed E-state index contributed by atoms with van der Waals surface area (Å²) in [6.07, 6.45) is 3.63. The van der Waals surface area contributed by atoms with Crippen LogP contribution < -0.4 is 0 Å². The molecule has 2 heterocycles. The summed E-state index contributed by atoms with van der Waals surface area (Å²) in [7, 11) is 0. The number of hydrogen-bond acceptors (Lipinski definition) is 3. The van der Waals surface area contributed by atoms with Crippen LogP contribution in [0.15, 0.2) is 47.2 Å². The zero-order valence-electron chi connectivity index (χ0n) is 9.21. The molecule has 86 valence electrons. The maximum atomic E-state index is 9.26. The van der Waals surface area contributed by atoms with Crippen LogP contribution in [-0.4, -0.2) is 14.8 Å². The van der Waals surface area contributed by atoms with Crippen molar-refractivity contribution in [2.75, 3.05) is 0 Å². The average molecular weight is 228 g/mol. The van der Waals surface area contributed by atoms with Gasteiger partial charge in [-0.2, -0.15) is 0 Å². The molecule has 17 heavy (non-hydrogen) atoms. The predicted octanol–water partition coefficient (Wildman–Crippen LogP) is 2.17. The molecule has 0 fully saturated rings. The molecule has 0 saturated carbocycles. The van der Waals surface area contributed by atoms with Crippen molar-refractivity contribution in [3.63, 3.8) is 0 Å². The molecular formula is C13H12N2O2. The van der Waals surface area contributed by atoms with Crippen molar-refractivity contribution in [1.29, 1.82) is 0 Å². The lowest BCUT2D eigenvalue weighted by molar-refractivity contribution is 0.283. The van der Waals surface area contributed by atoms with E-state index in [-0.39, 0.29) is 6.61 Å². The largest absolute Gasteiger partial charge is 0.392 e. The fourth-order valence-corrected chi connectivity index (χ4v) is 2.05. The summed E-state index contributed by atoms with van der Waals surface area (Å²) in [4.78, 5) is 0. The quantitative estimate of drug-likeness (QED) is 0.747. The third kappa shape index (κ3) is 1.72. The lowest BCUT2D eigenvalue weighted by atomic mass is 10.1. The number of aliphatic hydroxyl groups excluding tert-OH is 1. The van der Waals surface area contributed by atoms with Crippen molar-refractivity contribution < 1.29 is 9.63 Å². The van der Waals surface area contributed by atoms with E-state index < -0.39 is 0 Å². The van der Waals surface area contributed by atoms with Gasteiger partial charge in [-0.15, -0.1) is 0 Å². The lowest BCUT2D eigenvalue weighted by Gasteiger charge is -2.03. The zero-order valence-corrected chi connectivity index (χ0v) is 9.21. The molecule has 0 radical (unpaired) electrons. The van der Waals surface area contributed by atoms with Gasteiger partial charge in [0.15, 0.2) is 5.76 Å². The Hall–Kier alpha value is -2.07. The van der Waals surface area contributed by atoms with Gasteiger partial charge in [0.1, 0.15) is 0 Å². The molecular weight excluding hydrogens is 216 g/mol. The number of hydrogen-bond donors (Lipinski definition) is 1. The summed E-state index contributed by atoms with van der Waals surface area (Å²) < 4.78 is 7.17. The lowest BCUT2D eigenvalue weighted by Crippen LogP contribution is -1.96. The highest BCUT2D eigenvalue weighted by Crippen LogP contribution is 2.21. The van der Waals surface area contributed by atoms with Crippen molar-refractivity contribution in [1.82, 2.24) is 9.72 Å². The predicted molar refractivity (Wildman–Crippen MR) is 63.5 cm³/mol. The van der Waals surface area contributed by atoms with E-state index in [0.29, 0.717) is 6.54 Å². The standard InChI is InChI=1S/C13H12N2O2/c16-9-10-2-1-3-13-12(10)5-7-15(13)8-11-4-6-14-17-11/h1-7,16H,8-9H2. The first-order chi connectivity index (χ1) is 8.38. The fraction of sp³-hybridized carbons (Fsp3) is 0.154. The van der Waals surface area contributed by atoms with E-state index in [1.807, 2.05) is 36.5 Å². The van der Waals surface area contributed by atoms with Crippen molar-refractivity contribution in [2.45, 2.75) is 13.2 Å². The van der Waals surface area contributed by atoms with Crippen LogP contribution in [0.3, 0.4) is 0 Å². The third-order valence-electron chi connectivity index (χ3n) is 2.89. The SMILES string of the molecule is OCc1cccc2c1ccn2Cc1ccno1. The first kappa shape index (κ1) is 10.1. The molecule has 1 aromatic carbocycles. The molecule has 0 aliphatic heterocycles. The third-order valence-corrected chi connectivity index (χ3v) is 2.89. The van der Waals surface area contributed by atoms with Crippen molar-refractivity contribution >= 4 is 10.9 Å². The fourth-order valence-electron chi connectivity index (χ4n) is 2.05. The summed E-state index contributed by atoms with van der Waals surface area (Å²) in [5, 5.41) is 14.0. The maximum absolute atomic E-state index is 9.26. The van der Waals surface area contributed by atoms with Crippen LogP contribution in [0.1, 0.15) is 11.3 Å². The Bertz CT molecular complexity index is 626. The normalized spacial score (nSPS) is 11.1. The van der Waals surface area contributed by atoms with E-state index in [2.05, 4.69) is 9.72 Å². The highest BCUT2D eigenvalue weighted by Gasteiger charge is 2.06. The Morgan fingerprint density at radius 2 is 2.18 bits per heavy atom. The minimum Gasteiger partial charge on any atom is -0.392 e. The van der Waals surface area contributed by atoms with Gasteiger partial charge in [-0.1, -0.05) is 17.3 Å². The van der Waals surface area contributed by atoms with Gasteiger partial charge < -0.3 is 14.2 Å². The maximum Gasteiger partial charge on any atom is 0.156 e. The van der Waals surface area contributed by atoms with Gasteiger partial charge in [-0.25, -0.2) is 0 Å². The molecule has 0 saturated heterocycles. The molecule has 3 aromatic rings.